The molecular formula is C20H22F3N3O4S2. The maximum absolute atomic E-state index is 12.9. The average molecular weight is 490 g/mol. The number of hydrogen-bond acceptors (Lipinski definition) is 7. The first kappa shape index (κ1) is 24.3. The first-order chi connectivity index (χ1) is 15.1. The Morgan fingerprint density at radius 2 is 2.03 bits per heavy atom. The second-order valence-corrected chi connectivity index (χ2v) is 9.61. The van der Waals surface area contributed by atoms with Crippen LogP contribution in [-0.4, -0.2) is 33.7 Å². The summed E-state index contributed by atoms with van der Waals surface area (Å²) < 4.78 is 43.9. The molecule has 2 aromatic rings. The van der Waals surface area contributed by atoms with E-state index >= 15 is 0 Å². The number of amides is 1. The number of alkyl halides is 3. The molecule has 174 valence electrons. The second-order valence-electron chi connectivity index (χ2n) is 7.17. The average Bonchev–Trinajstić information content (AvgIpc) is 2.87. The smallest absolute Gasteiger partial charge is 0.433 e. The number of halogens is 3. The number of aromatic amines is 1. The highest BCUT2D eigenvalue weighted by Crippen LogP contribution is 2.38. The van der Waals surface area contributed by atoms with Crippen LogP contribution < -0.4 is 10.9 Å². The molecule has 0 bridgehead atoms. The van der Waals surface area contributed by atoms with Crippen LogP contribution in [0.3, 0.4) is 0 Å². The Bertz CT molecular complexity index is 1070. The molecule has 2 aromatic heterocycles. The summed E-state index contributed by atoms with van der Waals surface area (Å²) in [5.74, 6) is -1.04. The number of ether oxygens (including phenoxy) is 1. The van der Waals surface area contributed by atoms with Crippen molar-refractivity contribution in [2.45, 2.75) is 62.5 Å². The number of hydrogen-bond donors (Lipinski definition) is 2. The number of aryl methyl sites for hydroxylation is 1. The van der Waals surface area contributed by atoms with Crippen LogP contribution in [0, 0.1) is 0 Å². The van der Waals surface area contributed by atoms with Crippen molar-refractivity contribution >= 4 is 40.0 Å². The first-order valence-electron chi connectivity index (χ1n) is 10.1. The molecule has 32 heavy (non-hydrogen) atoms. The van der Waals surface area contributed by atoms with Gasteiger partial charge in [-0.1, -0.05) is 18.2 Å². The van der Waals surface area contributed by atoms with Gasteiger partial charge in [0, 0.05) is 10.9 Å². The van der Waals surface area contributed by atoms with E-state index in [1.165, 1.54) is 18.3 Å². The molecule has 7 nitrogen and oxygen atoms in total. The van der Waals surface area contributed by atoms with Gasteiger partial charge in [-0.05, 0) is 45.1 Å². The molecule has 0 aliphatic heterocycles. The number of carbonyl (C=O) groups excluding carboxylic acids is 2. The highest BCUT2D eigenvalue weighted by Gasteiger charge is 2.34. The van der Waals surface area contributed by atoms with E-state index in [1.807, 2.05) is 0 Å². The topological polar surface area (TPSA) is 101 Å². The zero-order chi connectivity index (χ0) is 23.5. The summed E-state index contributed by atoms with van der Waals surface area (Å²) >= 11 is 2.01. The van der Waals surface area contributed by atoms with Crippen LogP contribution in [0.1, 0.15) is 59.6 Å². The van der Waals surface area contributed by atoms with Gasteiger partial charge in [-0.15, -0.1) is 11.3 Å². The number of thiophene rings is 1. The van der Waals surface area contributed by atoms with Crippen molar-refractivity contribution in [3.05, 3.63) is 38.1 Å². The molecule has 12 heteroatoms. The van der Waals surface area contributed by atoms with Crippen molar-refractivity contribution in [3.63, 3.8) is 0 Å². The van der Waals surface area contributed by atoms with Crippen LogP contribution in [-0.2, 0) is 28.5 Å². The maximum atomic E-state index is 12.9. The Labute approximate surface area is 190 Å². The number of H-pyrrole nitrogens is 1. The molecular weight excluding hydrogens is 467 g/mol. The van der Waals surface area contributed by atoms with E-state index in [0.717, 1.165) is 42.5 Å². The molecule has 2 N–H and O–H groups in total. The van der Waals surface area contributed by atoms with Crippen LogP contribution >= 0.6 is 23.1 Å². The Kier molecular flexibility index (Phi) is 7.65. The molecule has 1 unspecified atom stereocenters. The Balaban J connectivity index is 1.82. The summed E-state index contributed by atoms with van der Waals surface area (Å²) in [6.07, 6.45) is -0.272. The van der Waals surface area contributed by atoms with E-state index in [9.17, 15) is 27.6 Å². The van der Waals surface area contributed by atoms with Gasteiger partial charge >= 0.3 is 12.1 Å². The lowest BCUT2D eigenvalue weighted by atomic mass is 10.1. The fourth-order valence-corrected chi connectivity index (χ4v) is 5.41. The van der Waals surface area contributed by atoms with Crippen molar-refractivity contribution in [1.29, 1.82) is 0 Å². The second kappa shape index (κ2) is 10.1. The summed E-state index contributed by atoms with van der Waals surface area (Å²) in [6.45, 7) is 3.36. The third kappa shape index (κ3) is 5.71. The lowest BCUT2D eigenvalue weighted by molar-refractivity contribution is -0.141. The number of fused-ring (bicyclic) bond motifs is 1. The Morgan fingerprint density at radius 3 is 2.72 bits per heavy atom. The van der Waals surface area contributed by atoms with Gasteiger partial charge in [0.1, 0.15) is 5.00 Å². The van der Waals surface area contributed by atoms with Gasteiger partial charge in [-0.2, -0.15) is 13.2 Å². The standard InChI is InChI=1S/C20H22F3N3O4S2/c1-3-30-18(29)15-11-7-5-4-6-8-12(11)32-17(15)26-16(28)10(2)31-19-24-13(20(21,22)23)9-14(27)25-19/h9-10H,3-8H2,1-2H3,(H,26,28)(H,24,25,27). The predicted octanol–water partition coefficient (Wildman–Crippen LogP) is 4.42. The minimum absolute atomic E-state index is 0.192. The summed E-state index contributed by atoms with van der Waals surface area (Å²) in [7, 11) is 0. The number of thioether (sulfide) groups is 1. The molecule has 0 saturated carbocycles. The highest BCUT2D eigenvalue weighted by molar-refractivity contribution is 8.00. The van der Waals surface area contributed by atoms with Crippen LogP contribution in [0.5, 0.6) is 0 Å². The minimum Gasteiger partial charge on any atom is -0.462 e. The van der Waals surface area contributed by atoms with E-state index in [-0.39, 0.29) is 11.8 Å². The lowest BCUT2D eigenvalue weighted by Crippen LogP contribution is -2.24. The molecule has 1 aliphatic rings. The lowest BCUT2D eigenvalue weighted by Gasteiger charge is -2.13. The molecule has 0 fully saturated rings. The Morgan fingerprint density at radius 1 is 1.31 bits per heavy atom. The van der Waals surface area contributed by atoms with Crippen LogP contribution in [0.4, 0.5) is 18.2 Å². The predicted molar refractivity (Wildman–Crippen MR) is 115 cm³/mol. The minimum atomic E-state index is -4.78. The van der Waals surface area contributed by atoms with Gasteiger partial charge in [0.2, 0.25) is 5.91 Å². The van der Waals surface area contributed by atoms with Gasteiger partial charge < -0.3 is 15.0 Å². The molecule has 3 rings (SSSR count). The van der Waals surface area contributed by atoms with Gasteiger partial charge in [0.15, 0.2) is 10.9 Å². The first-order valence-corrected chi connectivity index (χ1v) is 11.8. The summed E-state index contributed by atoms with van der Waals surface area (Å²) in [5, 5.41) is 1.89. The number of carbonyl (C=O) groups is 2. The van der Waals surface area contributed by atoms with Gasteiger partial charge in [0.25, 0.3) is 5.56 Å². The third-order valence-corrected chi connectivity index (χ3v) is 7.00. The van der Waals surface area contributed by atoms with E-state index < -0.39 is 34.6 Å². The number of rotatable bonds is 6. The van der Waals surface area contributed by atoms with E-state index in [2.05, 4.69) is 15.3 Å². The quantitative estimate of drug-likeness (QED) is 0.270. The van der Waals surface area contributed by atoms with Crippen LogP contribution in [0.25, 0.3) is 0 Å². The number of anilines is 1. The fraction of sp³-hybridized carbons (Fsp3) is 0.500. The number of nitrogens with one attached hydrogen (secondary N) is 2. The molecule has 1 atom stereocenters. The van der Waals surface area contributed by atoms with Crippen LogP contribution in [0.2, 0.25) is 0 Å². The van der Waals surface area contributed by atoms with Gasteiger partial charge in [0.05, 0.1) is 17.4 Å². The highest BCUT2D eigenvalue weighted by atomic mass is 32.2. The van der Waals surface area contributed by atoms with Crippen molar-refractivity contribution in [2.24, 2.45) is 0 Å². The van der Waals surface area contributed by atoms with E-state index in [0.29, 0.717) is 28.4 Å². The van der Waals surface area contributed by atoms with Crippen molar-refractivity contribution in [2.75, 3.05) is 11.9 Å². The van der Waals surface area contributed by atoms with Crippen molar-refractivity contribution in [1.82, 2.24) is 9.97 Å². The number of esters is 1. The number of nitrogens with zero attached hydrogens (tertiary/aromatic N) is 1. The van der Waals surface area contributed by atoms with Crippen molar-refractivity contribution < 1.29 is 27.5 Å². The van der Waals surface area contributed by atoms with E-state index in [4.69, 9.17) is 4.74 Å². The largest absolute Gasteiger partial charge is 0.462 e. The molecule has 1 aliphatic carbocycles. The molecule has 0 spiro atoms. The third-order valence-electron chi connectivity index (χ3n) is 4.81. The molecule has 1 amide bonds. The molecule has 2 heterocycles. The summed E-state index contributed by atoms with van der Waals surface area (Å²) in [6, 6.07) is 0.360. The SMILES string of the molecule is CCOC(=O)c1c(NC(=O)C(C)Sc2nc(C(F)(F)F)cc(=O)[nH]2)sc2c1CCCCC2. The van der Waals surface area contributed by atoms with Gasteiger partial charge in [-0.25, -0.2) is 9.78 Å². The molecule has 0 radical (unpaired) electrons. The summed E-state index contributed by atoms with van der Waals surface area (Å²) in [4.78, 5) is 43.6. The fourth-order valence-electron chi connectivity index (χ4n) is 3.32. The maximum Gasteiger partial charge on any atom is 0.433 e. The Hall–Kier alpha value is -2.34. The molecule has 0 saturated heterocycles. The van der Waals surface area contributed by atoms with Crippen molar-refractivity contribution in [3.8, 4) is 0 Å². The zero-order valence-corrected chi connectivity index (χ0v) is 19.1. The summed E-state index contributed by atoms with van der Waals surface area (Å²) in [5.41, 5.74) is -1.05. The molecule has 0 aromatic carbocycles. The monoisotopic (exact) mass is 489 g/mol. The van der Waals surface area contributed by atoms with Gasteiger partial charge in [-0.3, -0.25) is 9.59 Å². The number of aromatic nitrogens is 2. The van der Waals surface area contributed by atoms with E-state index in [1.54, 1.807) is 6.92 Å². The normalized spacial score (nSPS) is 14.9. The zero-order valence-electron chi connectivity index (χ0n) is 17.4. The van der Waals surface area contributed by atoms with Crippen LogP contribution in [0.15, 0.2) is 16.0 Å².